The van der Waals surface area contributed by atoms with Gasteiger partial charge in [0.05, 0.1) is 35.2 Å². The van der Waals surface area contributed by atoms with Crippen molar-refractivity contribution in [2.24, 2.45) is 17.8 Å². The van der Waals surface area contributed by atoms with E-state index in [0.717, 1.165) is 56.0 Å². The van der Waals surface area contributed by atoms with Crippen LogP contribution in [0.4, 0.5) is 11.4 Å². The molecule has 4 aromatic carbocycles. The number of nitro benzene ring substituents is 1. The number of aryl methyl sites for hydroxylation is 2. The second-order valence-corrected chi connectivity index (χ2v) is 22.0. The van der Waals surface area contributed by atoms with Crippen molar-refractivity contribution in [3.63, 3.8) is 0 Å². The smallest absolute Gasteiger partial charge is 0.455 e. The zero-order valence-corrected chi connectivity index (χ0v) is 36.4. The van der Waals surface area contributed by atoms with Crippen LogP contribution >= 0.6 is 0 Å². The Morgan fingerprint density at radius 3 is 2.15 bits per heavy atom. The number of carbonyl (C=O) groups is 2. The number of hydrogen-bond donors (Lipinski definition) is 2. The largest absolute Gasteiger partial charge is 0.507 e. The molecule has 0 radical (unpaired) electrons. The molecule has 12 heteroatoms. The molecule has 2 aliphatic heterocycles. The normalized spacial score (nSPS) is 21.0. The summed E-state index contributed by atoms with van der Waals surface area (Å²) in [5.74, 6) is -2.57. The van der Waals surface area contributed by atoms with Crippen LogP contribution in [0.5, 0.6) is 5.75 Å². The predicted molar refractivity (Wildman–Crippen MR) is 239 cm³/mol. The van der Waals surface area contributed by atoms with Crippen molar-refractivity contribution in [3.05, 3.63) is 141 Å². The summed E-state index contributed by atoms with van der Waals surface area (Å²) in [6.45, 7) is 12.8. The number of benzene rings is 4. The highest BCUT2D eigenvalue weighted by Gasteiger charge is 2.58. The van der Waals surface area contributed by atoms with Gasteiger partial charge < -0.3 is 19.2 Å². The number of phenols is 1. The summed E-state index contributed by atoms with van der Waals surface area (Å²) in [7, 11) is -4.22. The SMILES string of the molecule is CCC/C(=C\c1cc(C)c(O)c(C)c1)CC[C@H]1OB(O)C[C@H]2C1=C(CO[Si](c1ccccc1)(c1ccccc1)C(C)(C)C)C[C@H]1C(=O)N(c3cccc([N+](=O)[O-])c3)C(=O)[C@H]12. The Morgan fingerprint density at radius 2 is 1.57 bits per heavy atom. The number of hydrogen-bond acceptors (Lipinski definition) is 8. The quantitative estimate of drug-likeness (QED) is 0.0450. The van der Waals surface area contributed by atoms with E-state index in [2.05, 4.69) is 58.0 Å². The molecule has 4 aromatic rings. The molecule has 2 N–H and O–H groups in total. The van der Waals surface area contributed by atoms with Crippen LogP contribution in [0.2, 0.25) is 11.4 Å². The lowest BCUT2D eigenvalue weighted by Gasteiger charge is -2.46. The van der Waals surface area contributed by atoms with Gasteiger partial charge in [-0.15, -0.1) is 0 Å². The summed E-state index contributed by atoms with van der Waals surface area (Å²) in [5, 5.41) is 35.5. The molecule has 312 valence electrons. The summed E-state index contributed by atoms with van der Waals surface area (Å²) in [5.41, 5.74) is 5.58. The molecule has 0 bridgehead atoms. The van der Waals surface area contributed by atoms with E-state index in [4.69, 9.17) is 9.08 Å². The summed E-state index contributed by atoms with van der Waals surface area (Å²) in [6, 6.07) is 30.3. The topological polar surface area (TPSA) is 139 Å². The van der Waals surface area contributed by atoms with E-state index in [0.29, 0.717) is 18.6 Å². The van der Waals surface area contributed by atoms with Crippen LogP contribution in [0, 0.1) is 41.7 Å². The van der Waals surface area contributed by atoms with Crippen LogP contribution in [0.1, 0.15) is 76.5 Å². The van der Waals surface area contributed by atoms with Crippen LogP contribution in [0.3, 0.4) is 0 Å². The Labute approximate surface area is 354 Å². The molecule has 2 saturated heterocycles. The van der Waals surface area contributed by atoms with Gasteiger partial charge in [0.2, 0.25) is 11.8 Å². The van der Waals surface area contributed by atoms with Gasteiger partial charge in [-0.1, -0.05) is 112 Å². The first kappa shape index (κ1) is 43.0. The molecule has 3 aliphatic rings. The zero-order chi connectivity index (χ0) is 42.9. The van der Waals surface area contributed by atoms with Crippen LogP contribution in [0.15, 0.2) is 114 Å². The Hall–Kier alpha value is -5.14. The maximum Gasteiger partial charge on any atom is 0.455 e. The average Bonchev–Trinajstić information content (AvgIpc) is 3.47. The molecule has 2 heterocycles. The van der Waals surface area contributed by atoms with Crippen LogP contribution in [-0.2, 0) is 18.7 Å². The fourth-order valence-electron chi connectivity index (χ4n) is 10.1. The summed E-state index contributed by atoms with van der Waals surface area (Å²) in [6.07, 6.45) is 4.95. The number of fused-ring (bicyclic) bond motifs is 3. The van der Waals surface area contributed by atoms with Gasteiger partial charge in [0.15, 0.2) is 0 Å². The number of rotatable bonds is 13. The molecule has 1 aliphatic carbocycles. The molecule has 0 spiro atoms. The second-order valence-electron chi connectivity index (χ2n) is 17.7. The van der Waals surface area contributed by atoms with Gasteiger partial charge in [0.25, 0.3) is 14.0 Å². The van der Waals surface area contributed by atoms with Crippen LogP contribution < -0.4 is 15.3 Å². The Morgan fingerprint density at radius 1 is 0.933 bits per heavy atom. The minimum Gasteiger partial charge on any atom is -0.507 e. The van der Waals surface area contributed by atoms with E-state index < -0.39 is 56.0 Å². The molecule has 0 saturated carbocycles. The number of imide groups is 1. The monoisotopic (exact) mass is 826 g/mol. The number of amides is 2. The van der Waals surface area contributed by atoms with Crippen molar-refractivity contribution >= 4 is 55.1 Å². The third kappa shape index (κ3) is 8.18. The first-order chi connectivity index (χ1) is 28.6. The van der Waals surface area contributed by atoms with E-state index in [9.17, 15) is 29.8 Å². The highest BCUT2D eigenvalue weighted by atomic mass is 28.4. The van der Waals surface area contributed by atoms with Crippen molar-refractivity contribution in [3.8, 4) is 5.75 Å². The minimum atomic E-state index is -3.05. The molecule has 2 amide bonds. The Balaban J connectivity index is 1.32. The molecule has 10 nitrogen and oxygen atoms in total. The number of nitro groups is 1. The predicted octanol–water partition coefficient (Wildman–Crippen LogP) is 8.46. The van der Waals surface area contributed by atoms with E-state index in [1.54, 1.807) is 6.07 Å². The number of aromatic hydroxyl groups is 1. The minimum absolute atomic E-state index is 0.126. The second kappa shape index (κ2) is 17.5. The molecule has 60 heavy (non-hydrogen) atoms. The number of carbonyl (C=O) groups excluding carboxylic acids is 2. The van der Waals surface area contributed by atoms with Gasteiger partial charge in [-0.05, 0) is 113 Å². The molecule has 4 atom stereocenters. The number of nitrogens with zero attached hydrogens (tertiary/aromatic N) is 2. The maximum atomic E-state index is 14.6. The van der Waals surface area contributed by atoms with Crippen molar-refractivity contribution in [2.45, 2.75) is 91.1 Å². The Kier molecular flexibility index (Phi) is 12.5. The lowest BCUT2D eigenvalue weighted by atomic mass is 9.58. The van der Waals surface area contributed by atoms with Crippen molar-refractivity contribution in [1.82, 2.24) is 0 Å². The van der Waals surface area contributed by atoms with Gasteiger partial charge in [-0.2, -0.15) is 0 Å². The van der Waals surface area contributed by atoms with Crippen molar-refractivity contribution < 1.29 is 33.7 Å². The van der Waals surface area contributed by atoms with Gasteiger partial charge in [0.1, 0.15) is 5.75 Å². The van der Waals surface area contributed by atoms with Crippen LogP contribution in [-0.4, -0.2) is 55.0 Å². The van der Waals surface area contributed by atoms with Gasteiger partial charge >= 0.3 is 7.12 Å². The first-order valence-electron chi connectivity index (χ1n) is 21.1. The third-order valence-corrected chi connectivity index (χ3v) is 17.7. The lowest BCUT2D eigenvalue weighted by Crippen LogP contribution is -2.66. The number of anilines is 1. The zero-order valence-electron chi connectivity index (χ0n) is 35.4. The molecule has 2 fully saturated rings. The standard InChI is InChI=1S/C48H55BN2O8Si/c1-7-15-33(26-34-24-31(2)45(52)32(3)25-34)22-23-42-43-35(30-58-60(48(4,5)6,38-18-10-8-11-19-38)39-20-12-9-13-21-39)27-40-44(41(43)29-49(55)59-42)47(54)50(46(40)53)36-16-14-17-37(28-36)51(56)57/h8-14,16-21,24-26,28,40-42,44,52,55H,7,15,22-23,27,29-30H2,1-6H3/b33-26+/t40-,41+,42-,44-/m1/s1. The van der Waals surface area contributed by atoms with Gasteiger partial charge in [-0.3, -0.25) is 19.7 Å². The highest BCUT2D eigenvalue weighted by Crippen LogP contribution is 2.52. The molecule has 7 rings (SSSR count). The fraction of sp³-hybridized carbons (Fsp3) is 0.375. The third-order valence-electron chi connectivity index (χ3n) is 12.7. The van der Waals surface area contributed by atoms with Gasteiger partial charge in [0, 0.05) is 12.1 Å². The van der Waals surface area contributed by atoms with E-state index in [1.807, 2.05) is 62.4 Å². The van der Waals surface area contributed by atoms with Crippen molar-refractivity contribution in [1.29, 1.82) is 0 Å². The fourth-order valence-corrected chi connectivity index (χ4v) is 14.6. The molecular formula is C48H55BN2O8Si. The number of allylic oxidation sites excluding steroid dienone is 1. The van der Waals surface area contributed by atoms with Crippen LogP contribution in [0.25, 0.3) is 6.08 Å². The maximum absolute atomic E-state index is 14.6. The first-order valence-corrected chi connectivity index (χ1v) is 23.0. The van der Waals surface area contributed by atoms with E-state index >= 15 is 0 Å². The summed E-state index contributed by atoms with van der Waals surface area (Å²) < 4.78 is 14.0. The average molecular weight is 827 g/mol. The summed E-state index contributed by atoms with van der Waals surface area (Å²) >= 11 is 0. The summed E-state index contributed by atoms with van der Waals surface area (Å²) in [4.78, 5) is 41.4. The van der Waals surface area contributed by atoms with E-state index in [-0.39, 0.29) is 35.8 Å². The molecular weight excluding hydrogens is 771 g/mol. The van der Waals surface area contributed by atoms with Gasteiger partial charge in [-0.25, -0.2) is 4.90 Å². The van der Waals surface area contributed by atoms with Crippen molar-refractivity contribution in [2.75, 3.05) is 11.5 Å². The Bertz CT molecular complexity index is 2260. The number of non-ortho nitro benzene ring substituents is 1. The molecule has 0 aromatic heterocycles. The van der Waals surface area contributed by atoms with E-state index in [1.165, 1.54) is 23.8 Å². The number of phenolic OH excluding ortho intramolecular Hbond substituents is 1. The molecule has 0 unspecified atom stereocenters. The highest BCUT2D eigenvalue weighted by molar-refractivity contribution is 6.99. The lowest BCUT2D eigenvalue weighted by molar-refractivity contribution is -0.384.